The highest BCUT2D eigenvalue weighted by atomic mass is 16.5. The summed E-state index contributed by atoms with van der Waals surface area (Å²) in [7, 11) is 1.69. The van der Waals surface area contributed by atoms with Crippen LogP contribution in [0.5, 0.6) is 5.75 Å². The summed E-state index contributed by atoms with van der Waals surface area (Å²) in [6.07, 6.45) is 1.85. The summed E-state index contributed by atoms with van der Waals surface area (Å²) in [5, 5.41) is 7.95. The highest BCUT2D eigenvalue weighted by Crippen LogP contribution is 2.23. The molecule has 112 valence electrons. The van der Waals surface area contributed by atoms with Gasteiger partial charge in [-0.3, -0.25) is 4.90 Å². The zero-order valence-corrected chi connectivity index (χ0v) is 12.6. The van der Waals surface area contributed by atoms with Crippen LogP contribution in [0.1, 0.15) is 12.6 Å². The number of piperazine rings is 1. The molecule has 5 heteroatoms. The minimum absolute atomic E-state index is 0.543. The molecule has 2 heterocycles. The first-order valence-corrected chi connectivity index (χ1v) is 7.40. The van der Waals surface area contributed by atoms with E-state index < -0.39 is 0 Å². The summed E-state index contributed by atoms with van der Waals surface area (Å²) in [6, 6.07) is 10.6. The van der Waals surface area contributed by atoms with E-state index in [1.807, 2.05) is 35.1 Å². The van der Waals surface area contributed by atoms with Crippen LogP contribution in [0.3, 0.4) is 0 Å². The van der Waals surface area contributed by atoms with Crippen LogP contribution in [-0.4, -0.2) is 47.5 Å². The SMILES string of the molecule is COc1ccccc1-n1nccc1CN1CCNC(C)C1. The molecule has 1 aromatic heterocycles. The third kappa shape index (κ3) is 3.09. The van der Waals surface area contributed by atoms with Crippen LogP contribution in [0.2, 0.25) is 0 Å². The summed E-state index contributed by atoms with van der Waals surface area (Å²) >= 11 is 0. The molecule has 0 amide bonds. The first-order valence-electron chi connectivity index (χ1n) is 7.40. The number of aromatic nitrogens is 2. The van der Waals surface area contributed by atoms with Gasteiger partial charge in [0.2, 0.25) is 0 Å². The summed E-state index contributed by atoms with van der Waals surface area (Å²) in [6.45, 7) is 6.32. The molecule has 0 aliphatic carbocycles. The summed E-state index contributed by atoms with van der Waals surface area (Å²) < 4.78 is 7.42. The highest BCUT2D eigenvalue weighted by molar-refractivity contribution is 5.46. The quantitative estimate of drug-likeness (QED) is 0.928. The van der Waals surface area contributed by atoms with Gasteiger partial charge in [-0.1, -0.05) is 12.1 Å². The molecule has 1 aliphatic heterocycles. The van der Waals surface area contributed by atoms with Crippen LogP contribution in [0, 0.1) is 0 Å². The first-order chi connectivity index (χ1) is 10.3. The van der Waals surface area contributed by atoms with Gasteiger partial charge in [0.25, 0.3) is 0 Å². The molecule has 1 aromatic carbocycles. The van der Waals surface area contributed by atoms with E-state index in [2.05, 4.69) is 28.3 Å². The Balaban J connectivity index is 1.83. The molecule has 0 spiro atoms. The number of rotatable bonds is 4. The molecule has 0 saturated carbocycles. The van der Waals surface area contributed by atoms with Gasteiger partial charge in [0.15, 0.2) is 0 Å². The van der Waals surface area contributed by atoms with E-state index in [9.17, 15) is 0 Å². The van der Waals surface area contributed by atoms with Gasteiger partial charge in [-0.2, -0.15) is 5.10 Å². The molecule has 1 fully saturated rings. The van der Waals surface area contributed by atoms with Gasteiger partial charge in [-0.05, 0) is 25.1 Å². The van der Waals surface area contributed by atoms with E-state index in [1.54, 1.807) is 7.11 Å². The zero-order valence-electron chi connectivity index (χ0n) is 12.6. The fourth-order valence-corrected chi connectivity index (χ4v) is 2.86. The standard InChI is InChI=1S/C16H22N4O/c1-13-11-19(10-9-17-13)12-14-7-8-18-20(14)15-5-3-4-6-16(15)21-2/h3-8,13,17H,9-12H2,1-2H3. The molecule has 3 rings (SSSR count). The second-order valence-electron chi connectivity index (χ2n) is 5.50. The molecule has 5 nitrogen and oxygen atoms in total. The minimum atomic E-state index is 0.543. The summed E-state index contributed by atoms with van der Waals surface area (Å²) in [4.78, 5) is 2.46. The monoisotopic (exact) mass is 286 g/mol. The molecule has 1 atom stereocenters. The van der Waals surface area contributed by atoms with Crippen LogP contribution in [0.4, 0.5) is 0 Å². The number of para-hydroxylation sites is 2. The van der Waals surface area contributed by atoms with Crippen LogP contribution >= 0.6 is 0 Å². The maximum atomic E-state index is 5.45. The number of hydrogen-bond donors (Lipinski definition) is 1. The fraction of sp³-hybridized carbons (Fsp3) is 0.438. The second-order valence-corrected chi connectivity index (χ2v) is 5.50. The Morgan fingerprint density at radius 3 is 3.00 bits per heavy atom. The van der Waals surface area contributed by atoms with Gasteiger partial charge in [0, 0.05) is 38.4 Å². The molecule has 2 aromatic rings. The number of nitrogens with one attached hydrogen (secondary N) is 1. The smallest absolute Gasteiger partial charge is 0.144 e. The lowest BCUT2D eigenvalue weighted by molar-refractivity contribution is 0.196. The van der Waals surface area contributed by atoms with Crippen molar-refractivity contribution >= 4 is 0 Å². The lowest BCUT2D eigenvalue weighted by Gasteiger charge is -2.31. The zero-order chi connectivity index (χ0) is 14.7. The average molecular weight is 286 g/mol. The van der Waals surface area contributed by atoms with Crippen molar-refractivity contribution in [2.24, 2.45) is 0 Å². The lowest BCUT2D eigenvalue weighted by Crippen LogP contribution is -2.48. The van der Waals surface area contributed by atoms with E-state index in [0.29, 0.717) is 6.04 Å². The number of methoxy groups -OCH3 is 1. The molecule has 21 heavy (non-hydrogen) atoms. The predicted molar refractivity (Wildman–Crippen MR) is 82.9 cm³/mol. The Hall–Kier alpha value is -1.85. The van der Waals surface area contributed by atoms with Crippen molar-refractivity contribution in [3.05, 3.63) is 42.2 Å². The number of benzene rings is 1. The number of hydrogen-bond acceptors (Lipinski definition) is 4. The van der Waals surface area contributed by atoms with Crippen LogP contribution in [-0.2, 0) is 6.54 Å². The minimum Gasteiger partial charge on any atom is -0.494 e. The number of nitrogens with zero attached hydrogens (tertiary/aromatic N) is 3. The van der Waals surface area contributed by atoms with Crippen LogP contribution in [0.15, 0.2) is 36.5 Å². The fourth-order valence-electron chi connectivity index (χ4n) is 2.86. The van der Waals surface area contributed by atoms with Crippen LogP contribution in [0.25, 0.3) is 5.69 Å². The van der Waals surface area contributed by atoms with Gasteiger partial charge >= 0.3 is 0 Å². The normalized spacial score (nSPS) is 19.6. The van der Waals surface area contributed by atoms with Gasteiger partial charge in [0.1, 0.15) is 11.4 Å². The molecule has 1 N–H and O–H groups in total. The Morgan fingerprint density at radius 1 is 1.33 bits per heavy atom. The lowest BCUT2D eigenvalue weighted by atomic mass is 10.2. The summed E-state index contributed by atoms with van der Waals surface area (Å²) in [5.41, 5.74) is 2.18. The van der Waals surface area contributed by atoms with Crippen molar-refractivity contribution in [2.75, 3.05) is 26.7 Å². The van der Waals surface area contributed by atoms with Crippen molar-refractivity contribution < 1.29 is 4.74 Å². The average Bonchev–Trinajstić information content (AvgIpc) is 2.95. The topological polar surface area (TPSA) is 42.3 Å². The molecule has 1 unspecified atom stereocenters. The van der Waals surface area contributed by atoms with Crippen molar-refractivity contribution in [1.82, 2.24) is 20.0 Å². The van der Waals surface area contributed by atoms with Gasteiger partial charge in [-0.25, -0.2) is 4.68 Å². The van der Waals surface area contributed by atoms with E-state index in [0.717, 1.165) is 37.6 Å². The van der Waals surface area contributed by atoms with E-state index in [4.69, 9.17) is 4.74 Å². The second kappa shape index (κ2) is 6.28. The van der Waals surface area contributed by atoms with Crippen LogP contribution < -0.4 is 10.1 Å². The van der Waals surface area contributed by atoms with E-state index >= 15 is 0 Å². The Morgan fingerprint density at radius 2 is 2.19 bits per heavy atom. The number of ether oxygens (including phenoxy) is 1. The van der Waals surface area contributed by atoms with Gasteiger partial charge in [0.05, 0.1) is 12.8 Å². The maximum Gasteiger partial charge on any atom is 0.144 e. The first kappa shape index (κ1) is 14.1. The molecule has 1 aliphatic rings. The molecule has 0 radical (unpaired) electrons. The molecule has 0 bridgehead atoms. The predicted octanol–water partition coefficient (Wildman–Crippen LogP) is 1.67. The molecular weight excluding hydrogens is 264 g/mol. The third-order valence-electron chi connectivity index (χ3n) is 3.87. The van der Waals surface area contributed by atoms with Gasteiger partial charge < -0.3 is 10.1 Å². The van der Waals surface area contributed by atoms with Gasteiger partial charge in [-0.15, -0.1) is 0 Å². The van der Waals surface area contributed by atoms with Crippen molar-refractivity contribution in [3.63, 3.8) is 0 Å². The van der Waals surface area contributed by atoms with E-state index in [-0.39, 0.29) is 0 Å². The largest absolute Gasteiger partial charge is 0.494 e. The Labute approximate surface area is 125 Å². The third-order valence-corrected chi connectivity index (χ3v) is 3.87. The summed E-state index contributed by atoms with van der Waals surface area (Å²) in [5.74, 6) is 0.844. The Kier molecular flexibility index (Phi) is 4.22. The molecular formula is C16H22N4O. The highest BCUT2D eigenvalue weighted by Gasteiger charge is 2.18. The Bertz CT molecular complexity index is 595. The molecule has 1 saturated heterocycles. The van der Waals surface area contributed by atoms with E-state index in [1.165, 1.54) is 5.69 Å². The van der Waals surface area contributed by atoms with Crippen molar-refractivity contribution in [2.45, 2.75) is 19.5 Å². The maximum absolute atomic E-state index is 5.45. The van der Waals surface area contributed by atoms with Crippen molar-refractivity contribution in [1.29, 1.82) is 0 Å². The van der Waals surface area contributed by atoms with Crippen molar-refractivity contribution in [3.8, 4) is 11.4 Å².